The number of halogens is 2. The van der Waals surface area contributed by atoms with Gasteiger partial charge in [0.15, 0.2) is 6.61 Å². The molecule has 0 aliphatic heterocycles. The molecule has 0 saturated carbocycles. The van der Waals surface area contributed by atoms with Crippen LogP contribution in [0.2, 0.25) is 0 Å². The van der Waals surface area contributed by atoms with Gasteiger partial charge in [-0.2, -0.15) is 5.10 Å². The van der Waals surface area contributed by atoms with Crippen LogP contribution in [0.3, 0.4) is 0 Å². The molecular formula is C16H14I2N2O3. The number of phenolic OH excluding ortho intramolecular Hbond substituents is 1. The number of benzene rings is 2. The highest BCUT2D eigenvalue weighted by Crippen LogP contribution is 2.25. The Morgan fingerprint density at radius 1 is 1.35 bits per heavy atom. The summed E-state index contributed by atoms with van der Waals surface area (Å²) in [5.41, 5.74) is 3.88. The Balaban J connectivity index is 1.91. The summed E-state index contributed by atoms with van der Waals surface area (Å²) >= 11 is 4.19. The van der Waals surface area contributed by atoms with Crippen molar-refractivity contribution in [3.8, 4) is 11.5 Å². The van der Waals surface area contributed by atoms with Crippen LogP contribution < -0.4 is 10.2 Å². The molecule has 0 bridgehead atoms. The van der Waals surface area contributed by atoms with E-state index >= 15 is 0 Å². The summed E-state index contributed by atoms with van der Waals surface area (Å²) < 4.78 is 7.13. The maximum Gasteiger partial charge on any atom is 0.277 e. The van der Waals surface area contributed by atoms with E-state index in [0.717, 1.165) is 12.7 Å². The lowest BCUT2D eigenvalue weighted by molar-refractivity contribution is -0.123. The zero-order valence-corrected chi connectivity index (χ0v) is 16.5. The molecule has 0 radical (unpaired) electrons. The predicted molar refractivity (Wildman–Crippen MR) is 106 cm³/mol. The lowest BCUT2D eigenvalue weighted by Crippen LogP contribution is -2.24. The minimum absolute atomic E-state index is 0.127. The molecule has 0 aromatic heterocycles. The van der Waals surface area contributed by atoms with E-state index in [1.165, 1.54) is 6.21 Å². The Kier molecular flexibility index (Phi) is 6.63. The van der Waals surface area contributed by atoms with Crippen molar-refractivity contribution in [1.82, 2.24) is 5.43 Å². The number of phenols is 1. The predicted octanol–water partition coefficient (Wildman–Crippen LogP) is 3.44. The van der Waals surface area contributed by atoms with E-state index in [1.807, 2.05) is 53.8 Å². The van der Waals surface area contributed by atoms with Gasteiger partial charge in [0.1, 0.15) is 11.5 Å². The number of carbonyl (C=O) groups excluding carboxylic acids is 1. The Morgan fingerprint density at radius 2 is 2.09 bits per heavy atom. The Bertz CT molecular complexity index is 748. The van der Waals surface area contributed by atoms with Crippen molar-refractivity contribution in [3.05, 3.63) is 54.7 Å². The summed E-state index contributed by atoms with van der Waals surface area (Å²) in [5, 5.41) is 13.8. The number of nitrogens with zero attached hydrogens (tertiary/aromatic N) is 1. The van der Waals surface area contributed by atoms with Crippen LogP contribution in [-0.4, -0.2) is 23.8 Å². The minimum Gasteiger partial charge on any atom is -0.506 e. The first-order valence-electron chi connectivity index (χ1n) is 6.65. The van der Waals surface area contributed by atoms with Gasteiger partial charge in [-0.25, -0.2) is 5.43 Å². The third-order valence-corrected chi connectivity index (χ3v) is 4.35. The van der Waals surface area contributed by atoms with Crippen molar-refractivity contribution in [3.63, 3.8) is 0 Å². The van der Waals surface area contributed by atoms with Crippen LogP contribution in [0.4, 0.5) is 0 Å². The summed E-state index contributed by atoms with van der Waals surface area (Å²) in [7, 11) is 0. The molecule has 2 rings (SSSR count). The summed E-state index contributed by atoms with van der Waals surface area (Å²) in [4.78, 5) is 11.7. The number of hydrogen-bond donors (Lipinski definition) is 2. The third kappa shape index (κ3) is 5.34. The van der Waals surface area contributed by atoms with Gasteiger partial charge in [-0.1, -0.05) is 18.2 Å². The highest BCUT2D eigenvalue weighted by Gasteiger charge is 2.06. The second-order valence-electron chi connectivity index (χ2n) is 4.67. The fourth-order valence-corrected chi connectivity index (χ4v) is 3.64. The van der Waals surface area contributed by atoms with Gasteiger partial charge in [0.05, 0.1) is 9.78 Å². The molecular weight excluding hydrogens is 522 g/mol. The van der Waals surface area contributed by atoms with Crippen LogP contribution in [0.25, 0.3) is 0 Å². The van der Waals surface area contributed by atoms with E-state index in [-0.39, 0.29) is 18.3 Å². The maximum absolute atomic E-state index is 11.7. The zero-order chi connectivity index (χ0) is 16.8. The van der Waals surface area contributed by atoms with Crippen molar-refractivity contribution < 1.29 is 14.6 Å². The molecule has 0 spiro atoms. The molecule has 120 valence electrons. The molecule has 0 unspecified atom stereocenters. The zero-order valence-electron chi connectivity index (χ0n) is 12.2. The molecule has 2 aromatic rings. The molecule has 0 heterocycles. The summed E-state index contributed by atoms with van der Waals surface area (Å²) in [6.45, 7) is 1.78. The molecule has 7 heteroatoms. The second-order valence-corrected chi connectivity index (χ2v) is 7.08. The number of hydrogen-bond acceptors (Lipinski definition) is 4. The molecule has 0 atom stereocenters. The van der Waals surface area contributed by atoms with Gasteiger partial charge in [-0.3, -0.25) is 4.79 Å². The summed E-state index contributed by atoms with van der Waals surface area (Å²) in [6.07, 6.45) is 1.41. The number of ether oxygens (including phenoxy) is 1. The van der Waals surface area contributed by atoms with Gasteiger partial charge >= 0.3 is 0 Å². The molecule has 0 aliphatic rings. The highest BCUT2D eigenvalue weighted by atomic mass is 127. The molecule has 2 N–H and O–H groups in total. The van der Waals surface area contributed by atoms with E-state index in [1.54, 1.807) is 12.1 Å². The topological polar surface area (TPSA) is 70.9 Å². The van der Waals surface area contributed by atoms with Crippen LogP contribution in [0, 0.1) is 14.1 Å². The van der Waals surface area contributed by atoms with E-state index in [9.17, 15) is 9.90 Å². The SMILES string of the molecule is Cc1ccccc1OCC(=O)NN=Cc1cc(I)cc(I)c1O. The van der Waals surface area contributed by atoms with Crippen molar-refractivity contribution >= 4 is 57.3 Å². The maximum atomic E-state index is 11.7. The van der Waals surface area contributed by atoms with Crippen molar-refractivity contribution in [2.24, 2.45) is 5.10 Å². The molecule has 0 fully saturated rings. The van der Waals surface area contributed by atoms with Crippen LogP contribution in [-0.2, 0) is 4.79 Å². The summed E-state index contributed by atoms with van der Waals surface area (Å²) in [5.74, 6) is 0.431. The van der Waals surface area contributed by atoms with E-state index < -0.39 is 0 Å². The average molecular weight is 536 g/mol. The monoisotopic (exact) mass is 536 g/mol. The number of amides is 1. The average Bonchev–Trinajstić information content (AvgIpc) is 2.51. The molecule has 0 saturated heterocycles. The second kappa shape index (κ2) is 8.48. The molecule has 1 amide bonds. The van der Waals surface area contributed by atoms with Crippen LogP contribution in [0.15, 0.2) is 41.5 Å². The van der Waals surface area contributed by atoms with Crippen LogP contribution in [0.5, 0.6) is 11.5 Å². The molecule has 0 aliphatic carbocycles. The fraction of sp³-hybridized carbons (Fsp3) is 0.125. The smallest absolute Gasteiger partial charge is 0.277 e. The van der Waals surface area contributed by atoms with Gasteiger partial charge in [0, 0.05) is 9.13 Å². The molecule has 5 nitrogen and oxygen atoms in total. The van der Waals surface area contributed by atoms with E-state index in [4.69, 9.17) is 4.74 Å². The number of aromatic hydroxyl groups is 1. The van der Waals surface area contributed by atoms with Crippen LogP contribution >= 0.6 is 45.2 Å². The number of hydrazone groups is 1. The van der Waals surface area contributed by atoms with Gasteiger partial charge in [0.2, 0.25) is 0 Å². The van der Waals surface area contributed by atoms with Gasteiger partial charge in [-0.15, -0.1) is 0 Å². The van der Waals surface area contributed by atoms with Gasteiger partial charge in [0.25, 0.3) is 5.91 Å². The number of carbonyl (C=O) groups is 1. The normalized spacial score (nSPS) is 10.7. The Hall–Kier alpha value is -1.36. The Labute approximate surface area is 161 Å². The van der Waals surface area contributed by atoms with E-state index in [2.05, 4.69) is 33.1 Å². The number of para-hydroxylation sites is 1. The molecule has 2 aromatic carbocycles. The Morgan fingerprint density at radius 3 is 2.83 bits per heavy atom. The largest absolute Gasteiger partial charge is 0.506 e. The third-order valence-electron chi connectivity index (χ3n) is 2.90. The van der Waals surface area contributed by atoms with Gasteiger partial charge in [-0.05, 0) is 75.9 Å². The standard InChI is InChI=1S/C16H14I2N2O3/c1-10-4-2-3-5-14(10)23-9-15(21)20-19-8-11-6-12(17)7-13(18)16(11)22/h2-8,22H,9H2,1H3,(H,20,21). The summed E-state index contributed by atoms with van der Waals surface area (Å²) in [6, 6.07) is 11.1. The number of aryl methyl sites for hydroxylation is 1. The van der Waals surface area contributed by atoms with Crippen LogP contribution in [0.1, 0.15) is 11.1 Å². The van der Waals surface area contributed by atoms with Crippen molar-refractivity contribution in [2.45, 2.75) is 6.92 Å². The lowest BCUT2D eigenvalue weighted by Gasteiger charge is -2.07. The first kappa shape index (κ1) is 18.0. The fourth-order valence-electron chi connectivity index (χ4n) is 1.75. The molecule has 23 heavy (non-hydrogen) atoms. The number of rotatable bonds is 5. The highest BCUT2D eigenvalue weighted by molar-refractivity contribution is 14.1. The van der Waals surface area contributed by atoms with Gasteiger partial charge < -0.3 is 9.84 Å². The number of nitrogens with one attached hydrogen (secondary N) is 1. The minimum atomic E-state index is -0.371. The van der Waals surface area contributed by atoms with Crippen molar-refractivity contribution in [1.29, 1.82) is 0 Å². The quantitative estimate of drug-likeness (QED) is 0.350. The first-order chi connectivity index (χ1) is 11.0. The lowest BCUT2D eigenvalue weighted by atomic mass is 10.2. The first-order valence-corrected chi connectivity index (χ1v) is 8.81. The van der Waals surface area contributed by atoms with Crippen molar-refractivity contribution in [2.75, 3.05) is 6.61 Å². The van der Waals surface area contributed by atoms with E-state index in [0.29, 0.717) is 11.3 Å².